The third-order valence-electron chi connectivity index (χ3n) is 4.87. The topological polar surface area (TPSA) is 83.2 Å². The Hall–Kier alpha value is -3.77. The normalized spacial score (nSPS) is 10.6. The van der Waals surface area contributed by atoms with Gasteiger partial charge in [-0.2, -0.15) is 0 Å². The maximum absolute atomic E-state index is 13.0. The van der Waals surface area contributed by atoms with Crippen LogP contribution in [0.1, 0.15) is 26.4 Å². The molecule has 156 valence electrons. The fourth-order valence-corrected chi connectivity index (χ4v) is 3.41. The molecule has 0 saturated carbocycles. The summed E-state index contributed by atoms with van der Waals surface area (Å²) in [5, 5.41) is 7.06. The van der Waals surface area contributed by atoms with Crippen LogP contribution in [0, 0.1) is 0 Å². The number of para-hydroxylation sites is 1. The molecule has 0 fully saturated rings. The smallest absolute Gasteiger partial charge is 0.270 e. The zero-order valence-electron chi connectivity index (χ0n) is 16.7. The average Bonchev–Trinajstić information content (AvgIpc) is 3.16. The van der Waals surface area contributed by atoms with E-state index in [1.54, 1.807) is 31.4 Å². The number of carbonyl (C=O) groups is 2. The first-order chi connectivity index (χ1) is 15.0. The van der Waals surface area contributed by atoms with E-state index in [-0.39, 0.29) is 17.5 Å². The second-order valence-electron chi connectivity index (χ2n) is 6.92. The summed E-state index contributed by atoms with van der Waals surface area (Å²) in [7, 11) is 1.60. The summed E-state index contributed by atoms with van der Waals surface area (Å²) in [5.41, 5.74) is 2.80. The molecule has 6 nitrogen and oxygen atoms in total. The number of aromatic amines is 1. The molecule has 4 aromatic rings. The molecule has 0 radical (unpaired) electrons. The van der Waals surface area contributed by atoms with Gasteiger partial charge < -0.3 is 20.4 Å². The van der Waals surface area contributed by atoms with Crippen LogP contribution in [0.3, 0.4) is 0 Å². The quantitative estimate of drug-likeness (QED) is 0.399. The van der Waals surface area contributed by atoms with Gasteiger partial charge >= 0.3 is 0 Å². The molecule has 0 aliphatic heterocycles. The van der Waals surface area contributed by atoms with Crippen LogP contribution in [0.15, 0.2) is 72.8 Å². The Morgan fingerprint density at radius 1 is 0.968 bits per heavy atom. The van der Waals surface area contributed by atoms with E-state index >= 15 is 0 Å². The number of fused-ring (bicyclic) bond motifs is 1. The molecule has 1 aromatic heterocycles. The Kier molecular flexibility index (Phi) is 5.91. The van der Waals surface area contributed by atoms with Gasteiger partial charge in [-0.1, -0.05) is 41.9 Å². The summed E-state index contributed by atoms with van der Waals surface area (Å²) in [5.74, 6) is 0.0574. The highest BCUT2D eigenvalue weighted by Gasteiger charge is 2.20. The van der Waals surface area contributed by atoms with Crippen LogP contribution in [0.4, 0.5) is 5.69 Å². The molecular weight excluding hydrogens is 414 g/mol. The second-order valence-corrected chi connectivity index (χ2v) is 7.35. The van der Waals surface area contributed by atoms with Crippen LogP contribution in [0.5, 0.6) is 5.75 Å². The van der Waals surface area contributed by atoms with Gasteiger partial charge in [-0.05, 0) is 48.0 Å². The number of nitrogens with one attached hydrogen (secondary N) is 3. The van der Waals surface area contributed by atoms with Gasteiger partial charge in [0.1, 0.15) is 11.4 Å². The summed E-state index contributed by atoms with van der Waals surface area (Å²) >= 11 is 5.91. The molecule has 4 rings (SSSR count). The molecule has 31 heavy (non-hydrogen) atoms. The lowest BCUT2D eigenvalue weighted by Crippen LogP contribution is -2.25. The molecule has 0 saturated heterocycles. The highest BCUT2D eigenvalue weighted by atomic mass is 35.5. The number of anilines is 1. The van der Waals surface area contributed by atoms with E-state index in [4.69, 9.17) is 16.3 Å². The van der Waals surface area contributed by atoms with Crippen molar-refractivity contribution in [1.82, 2.24) is 10.3 Å². The molecule has 1 heterocycles. The summed E-state index contributed by atoms with van der Waals surface area (Å²) in [6.07, 6.45) is 0. The summed E-state index contributed by atoms with van der Waals surface area (Å²) in [4.78, 5) is 28.9. The molecule has 0 atom stereocenters. The first-order valence-electron chi connectivity index (χ1n) is 9.64. The van der Waals surface area contributed by atoms with Crippen molar-refractivity contribution in [3.8, 4) is 5.75 Å². The second kappa shape index (κ2) is 8.93. The Bertz CT molecular complexity index is 1250. The number of hydrogen-bond acceptors (Lipinski definition) is 3. The Morgan fingerprint density at radius 3 is 2.52 bits per heavy atom. The third kappa shape index (κ3) is 4.54. The van der Waals surface area contributed by atoms with E-state index < -0.39 is 0 Å². The van der Waals surface area contributed by atoms with Gasteiger partial charge in [-0.3, -0.25) is 9.59 Å². The van der Waals surface area contributed by atoms with Crippen molar-refractivity contribution in [1.29, 1.82) is 0 Å². The van der Waals surface area contributed by atoms with Crippen molar-refractivity contribution >= 4 is 40.0 Å². The van der Waals surface area contributed by atoms with E-state index in [1.807, 2.05) is 48.5 Å². The minimum absolute atomic E-state index is 0.284. The lowest BCUT2D eigenvalue weighted by atomic mass is 10.1. The highest BCUT2D eigenvalue weighted by molar-refractivity contribution is 6.30. The number of hydrogen-bond donors (Lipinski definition) is 3. The molecule has 0 bridgehead atoms. The fraction of sp³-hybridized carbons (Fsp3) is 0.0833. The van der Waals surface area contributed by atoms with Crippen molar-refractivity contribution in [2.45, 2.75) is 6.54 Å². The monoisotopic (exact) mass is 433 g/mol. The maximum atomic E-state index is 13.0. The lowest BCUT2D eigenvalue weighted by Gasteiger charge is -2.09. The van der Waals surface area contributed by atoms with Gasteiger partial charge in [0.15, 0.2) is 0 Å². The molecule has 2 amide bonds. The molecule has 0 unspecified atom stereocenters. The largest absolute Gasteiger partial charge is 0.497 e. The van der Waals surface area contributed by atoms with Crippen LogP contribution < -0.4 is 15.4 Å². The first-order valence-corrected chi connectivity index (χ1v) is 10.0. The fourth-order valence-electron chi connectivity index (χ4n) is 3.28. The van der Waals surface area contributed by atoms with Gasteiger partial charge in [-0.25, -0.2) is 0 Å². The van der Waals surface area contributed by atoms with Crippen LogP contribution in [0.2, 0.25) is 5.02 Å². The Balaban J connectivity index is 1.60. The van der Waals surface area contributed by atoms with E-state index in [1.165, 1.54) is 0 Å². The number of benzene rings is 3. The summed E-state index contributed by atoms with van der Waals surface area (Å²) in [6.45, 7) is 0.315. The van der Waals surface area contributed by atoms with E-state index in [0.29, 0.717) is 28.6 Å². The van der Waals surface area contributed by atoms with Crippen LogP contribution in [0.25, 0.3) is 10.9 Å². The number of H-pyrrole nitrogens is 1. The number of aromatic nitrogens is 1. The van der Waals surface area contributed by atoms with E-state index in [0.717, 1.165) is 16.5 Å². The van der Waals surface area contributed by atoms with Crippen molar-refractivity contribution in [2.75, 3.05) is 12.4 Å². The third-order valence-corrected chi connectivity index (χ3v) is 5.12. The zero-order chi connectivity index (χ0) is 21.8. The predicted octanol–water partition coefficient (Wildman–Crippen LogP) is 5.01. The average molecular weight is 434 g/mol. The molecule has 0 aliphatic rings. The Morgan fingerprint density at radius 2 is 1.74 bits per heavy atom. The molecule has 7 heteroatoms. The standard InChI is InChI=1S/C24H20ClN3O3/c1-31-18-6-4-5-15(13-18)14-26-24(30)22-21(19-7-2-3-8-20(19)27-22)28-23(29)16-9-11-17(25)12-10-16/h2-13,27H,14H2,1H3,(H,26,30)(H,28,29). The zero-order valence-corrected chi connectivity index (χ0v) is 17.5. The number of amides is 2. The molecule has 3 aromatic carbocycles. The molecule has 0 spiro atoms. The number of methoxy groups -OCH3 is 1. The molecule has 0 aliphatic carbocycles. The van der Waals surface area contributed by atoms with Crippen LogP contribution >= 0.6 is 11.6 Å². The van der Waals surface area contributed by atoms with Crippen molar-refractivity contribution in [3.05, 3.63) is 94.6 Å². The summed E-state index contributed by atoms with van der Waals surface area (Å²) < 4.78 is 5.22. The van der Waals surface area contributed by atoms with Crippen molar-refractivity contribution in [2.24, 2.45) is 0 Å². The van der Waals surface area contributed by atoms with Gasteiger partial charge in [0.2, 0.25) is 0 Å². The number of ether oxygens (including phenoxy) is 1. The lowest BCUT2D eigenvalue weighted by molar-refractivity contribution is 0.0947. The van der Waals surface area contributed by atoms with Gasteiger partial charge in [0.05, 0.1) is 12.8 Å². The Labute approximate surface area is 184 Å². The van der Waals surface area contributed by atoms with E-state index in [2.05, 4.69) is 15.6 Å². The molecule has 3 N–H and O–H groups in total. The maximum Gasteiger partial charge on any atom is 0.270 e. The van der Waals surface area contributed by atoms with E-state index in [9.17, 15) is 9.59 Å². The van der Waals surface area contributed by atoms with Crippen molar-refractivity contribution in [3.63, 3.8) is 0 Å². The minimum Gasteiger partial charge on any atom is -0.497 e. The number of halogens is 1. The van der Waals surface area contributed by atoms with Crippen molar-refractivity contribution < 1.29 is 14.3 Å². The highest BCUT2D eigenvalue weighted by Crippen LogP contribution is 2.28. The number of carbonyl (C=O) groups excluding carboxylic acids is 2. The molecular formula is C24H20ClN3O3. The van der Waals surface area contributed by atoms with Crippen LogP contribution in [-0.2, 0) is 6.54 Å². The number of rotatable bonds is 6. The van der Waals surface area contributed by atoms with Crippen LogP contribution in [-0.4, -0.2) is 23.9 Å². The SMILES string of the molecule is COc1cccc(CNC(=O)c2[nH]c3ccccc3c2NC(=O)c2ccc(Cl)cc2)c1. The van der Waals surface area contributed by atoms with Gasteiger partial charge in [0, 0.05) is 28.0 Å². The van der Waals surface area contributed by atoms with Gasteiger partial charge in [-0.15, -0.1) is 0 Å². The predicted molar refractivity (Wildman–Crippen MR) is 122 cm³/mol. The minimum atomic E-state index is -0.330. The van der Waals surface area contributed by atoms with Gasteiger partial charge in [0.25, 0.3) is 11.8 Å². The summed E-state index contributed by atoms with van der Waals surface area (Å²) in [6, 6.07) is 21.4. The first kappa shape index (κ1) is 20.5.